The fourth-order valence-corrected chi connectivity index (χ4v) is 9.43. The van der Waals surface area contributed by atoms with Crippen molar-refractivity contribution in [2.75, 3.05) is 0 Å². The number of imidazole rings is 1. The molecule has 0 fully saturated rings. The molecule has 0 atom stereocenters. The van der Waals surface area contributed by atoms with Gasteiger partial charge in [0.15, 0.2) is 0 Å². The number of hydrogen-bond donors (Lipinski definition) is 1. The molecule has 1 heterocycles. The van der Waals surface area contributed by atoms with E-state index in [9.17, 15) is 5.11 Å². The van der Waals surface area contributed by atoms with Gasteiger partial charge in [0.05, 0.1) is 16.7 Å². The lowest BCUT2D eigenvalue weighted by Crippen LogP contribution is -2.21. The average Bonchev–Trinajstić information content (AvgIpc) is 3.86. The normalized spacial score (nSPS) is 14.2. The second kappa shape index (κ2) is 12.2. The van der Waals surface area contributed by atoms with E-state index in [2.05, 4.69) is 146 Å². The van der Waals surface area contributed by atoms with E-state index in [-0.39, 0.29) is 11.2 Å². The van der Waals surface area contributed by atoms with Crippen molar-refractivity contribution in [3.05, 3.63) is 185 Å². The maximum absolute atomic E-state index is 10.8. The van der Waals surface area contributed by atoms with E-state index in [0.29, 0.717) is 0 Å². The molecule has 1 aromatic heterocycles. The summed E-state index contributed by atoms with van der Waals surface area (Å²) in [4.78, 5) is 5.55. The first-order valence-corrected chi connectivity index (χ1v) is 18.7. The molecular formula is C50H40N2O. The smallest absolute Gasteiger partial charge is 0.145 e. The second-order valence-electron chi connectivity index (χ2n) is 15.3. The zero-order chi connectivity index (χ0) is 35.7. The molecule has 2 aliphatic carbocycles. The molecule has 1 N–H and O–H groups in total. The number of para-hydroxylation sites is 3. The number of aromatic nitrogens is 2. The summed E-state index contributed by atoms with van der Waals surface area (Å²) in [6.07, 6.45) is 4.40. The molecule has 3 nitrogen and oxygen atoms in total. The van der Waals surface area contributed by atoms with Crippen LogP contribution in [-0.2, 0) is 25.7 Å². The van der Waals surface area contributed by atoms with Crippen LogP contribution < -0.4 is 0 Å². The van der Waals surface area contributed by atoms with Crippen LogP contribution in [0.25, 0.3) is 61.5 Å². The van der Waals surface area contributed by atoms with Gasteiger partial charge in [-0.1, -0.05) is 133 Å². The molecule has 0 radical (unpaired) electrons. The standard InChI is InChI=1S/C50H40N2O/c1-32-13-10-14-33(2)48(32)52-45-23-12-22-42(47(45)51-49(52)34-15-4-3-5-16-34)44-27-40-31-50(28-37-17-6-7-18-38(37)29-50)30-39(40)26-43(44)36-20-11-19-35(25-36)41-21-8-9-24-46(41)53/h3-27,53H,28-31H2,1-2H3. The number of rotatable bonds is 5. The fourth-order valence-electron chi connectivity index (χ4n) is 9.43. The van der Waals surface area contributed by atoms with Crippen molar-refractivity contribution in [1.29, 1.82) is 0 Å². The Balaban J connectivity index is 1.21. The van der Waals surface area contributed by atoms with E-state index < -0.39 is 0 Å². The summed E-state index contributed by atoms with van der Waals surface area (Å²) in [6.45, 7) is 4.39. The van der Waals surface area contributed by atoms with Gasteiger partial charge in [-0.25, -0.2) is 4.98 Å². The number of nitrogens with zero attached hydrogens (tertiary/aromatic N) is 2. The first-order valence-electron chi connectivity index (χ1n) is 18.7. The van der Waals surface area contributed by atoms with E-state index in [1.807, 2.05) is 18.2 Å². The second-order valence-corrected chi connectivity index (χ2v) is 15.3. The molecule has 1 spiro atoms. The van der Waals surface area contributed by atoms with Crippen LogP contribution in [0, 0.1) is 19.3 Å². The summed E-state index contributed by atoms with van der Waals surface area (Å²) in [5, 5.41) is 10.8. The third-order valence-corrected chi connectivity index (χ3v) is 11.8. The minimum Gasteiger partial charge on any atom is -0.507 e. The SMILES string of the molecule is Cc1cccc(C)c1-n1c(-c2ccccc2)nc2c(-c3cc4c(cc3-c3cccc(-c5ccccc5O)c3)CC3(Cc5ccccc5C3)C4)cccc21. The van der Waals surface area contributed by atoms with Crippen molar-refractivity contribution in [3.63, 3.8) is 0 Å². The Morgan fingerprint density at radius 3 is 1.75 bits per heavy atom. The highest BCUT2D eigenvalue weighted by Gasteiger charge is 2.42. The quantitative estimate of drug-likeness (QED) is 0.196. The molecule has 0 saturated heterocycles. The molecule has 0 amide bonds. The molecule has 8 aromatic rings. The molecular weight excluding hydrogens is 645 g/mol. The van der Waals surface area contributed by atoms with Gasteiger partial charge in [0.2, 0.25) is 0 Å². The van der Waals surface area contributed by atoms with Crippen molar-refractivity contribution in [2.45, 2.75) is 39.5 Å². The monoisotopic (exact) mass is 684 g/mol. The minimum atomic E-state index is 0.218. The van der Waals surface area contributed by atoms with Crippen LogP contribution in [0.15, 0.2) is 152 Å². The van der Waals surface area contributed by atoms with Crippen molar-refractivity contribution in [1.82, 2.24) is 9.55 Å². The first kappa shape index (κ1) is 31.5. The third-order valence-electron chi connectivity index (χ3n) is 11.8. The van der Waals surface area contributed by atoms with Gasteiger partial charge < -0.3 is 5.11 Å². The molecule has 256 valence electrons. The predicted octanol–water partition coefficient (Wildman–Crippen LogP) is 11.9. The molecule has 7 aromatic carbocycles. The number of hydrogen-bond acceptors (Lipinski definition) is 2. The van der Waals surface area contributed by atoms with E-state index in [1.165, 1.54) is 50.2 Å². The molecule has 3 heteroatoms. The van der Waals surface area contributed by atoms with Crippen LogP contribution >= 0.6 is 0 Å². The molecule has 10 rings (SSSR count). The van der Waals surface area contributed by atoms with Crippen molar-refractivity contribution < 1.29 is 5.11 Å². The number of phenols is 1. The highest BCUT2D eigenvalue weighted by molar-refractivity contribution is 6.00. The van der Waals surface area contributed by atoms with Gasteiger partial charge in [0.1, 0.15) is 11.6 Å². The Kier molecular flexibility index (Phi) is 7.26. The lowest BCUT2D eigenvalue weighted by atomic mass is 9.82. The summed E-state index contributed by atoms with van der Waals surface area (Å²) in [5.74, 6) is 1.23. The van der Waals surface area contributed by atoms with Gasteiger partial charge in [-0.2, -0.15) is 0 Å². The Bertz CT molecular complexity index is 2670. The first-order chi connectivity index (χ1) is 25.9. The van der Waals surface area contributed by atoms with Gasteiger partial charge in [-0.05, 0) is 119 Å². The zero-order valence-corrected chi connectivity index (χ0v) is 30.1. The highest BCUT2D eigenvalue weighted by atomic mass is 16.3. The van der Waals surface area contributed by atoms with Gasteiger partial charge >= 0.3 is 0 Å². The maximum Gasteiger partial charge on any atom is 0.145 e. The molecule has 0 bridgehead atoms. The summed E-state index contributed by atoms with van der Waals surface area (Å²) >= 11 is 0. The van der Waals surface area contributed by atoms with Gasteiger partial charge in [0, 0.05) is 16.7 Å². The van der Waals surface area contributed by atoms with Crippen LogP contribution in [-0.4, -0.2) is 14.7 Å². The van der Waals surface area contributed by atoms with Gasteiger partial charge in [0.25, 0.3) is 0 Å². The Morgan fingerprint density at radius 1 is 0.491 bits per heavy atom. The molecule has 2 aliphatic rings. The van der Waals surface area contributed by atoms with Gasteiger partial charge in [-0.3, -0.25) is 4.57 Å². The average molecular weight is 685 g/mol. The highest BCUT2D eigenvalue weighted by Crippen LogP contribution is 2.50. The summed E-state index contributed by atoms with van der Waals surface area (Å²) < 4.78 is 2.37. The Morgan fingerprint density at radius 2 is 1.04 bits per heavy atom. The Hall–Kier alpha value is -6.19. The van der Waals surface area contributed by atoms with Crippen molar-refractivity contribution in [3.8, 4) is 56.2 Å². The van der Waals surface area contributed by atoms with Crippen molar-refractivity contribution >= 4 is 11.0 Å². The van der Waals surface area contributed by atoms with Crippen LogP contribution in [0.5, 0.6) is 5.75 Å². The number of benzene rings is 7. The molecule has 53 heavy (non-hydrogen) atoms. The summed E-state index contributed by atoms with van der Waals surface area (Å²) in [7, 11) is 0. The number of aromatic hydroxyl groups is 1. The lowest BCUT2D eigenvalue weighted by Gasteiger charge is -2.21. The number of aryl methyl sites for hydroxylation is 2. The lowest BCUT2D eigenvalue weighted by molar-refractivity contribution is 0.326. The number of phenolic OH excluding ortho intramolecular Hbond substituents is 1. The minimum absolute atomic E-state index is 0.218. The van der Waals surface area contributed by atoms with Crippen LogP contribution in [0.2, 0.25) is 0 Å². The summed E-state index contributed by atoms with van der Waals surface area (Å²) in [5.41, 5.74) is 19.4. The number of fused-ring (bicyclic) bond motifs is 3. The van der Waals surface area contributed by atoms with Crippen molar-refractivity contribution in [2.24, 2.45) is 5.41 Å². The molecule has 0 aliphatic heterocycles. The van der Waals surface area contributed by atoms with E-state index in [1.54, 1.807) is 6.07 Å². The topological polar surface area (TPSA) is 38.0 Å². The van der Waals surface area contributed by atoms with Gasteiger partial charge in [-0.15, -0.1) is 0 Å². The van der Waals surface area contributed by atoms with E-state index in [4.69, 9.17) is 4.98 Å². The van der Waals surface area contributed by atoms with E-state index in [0.717, 1.165) is 70.4 Å². The largest absolute Gasteiger partial charge is 0.507 e. The third kappa shape index (κ3) is 5.22. The van der Waals surface area contributed by atoms with E-state index >= 15 is 0 Å². The van der Waals surface area contributed by atoms with Crippen LogP contribution in [0.1, 0.15) is 33.4 Å². The Labute approximate surface area is 310 Å². The van der Waals surface area contributed by atoms with Crippen LogP contribution in [0.3, 0.4) is 0 Å². The predicted molar refractivity (Wildman–Crippen MR) is 218 cm³/mol. The molecule has 0 unspecified atom stereocenters. The maximum atomic E-state index is 10.8. The zero-order valence-electron chi connectivity index (χ0n) is 30.1. The fraction of sp³-hybridized carbons (Fsp3) is 0.140. The molecule has 0 saturated carbocycles. The summed E-state index contributed by atoms with van der Waals surface area (Å²) in [6, 6.07) is 54.1. The van der Waals surface area contributed by atoms with Crippen LogP contribution in [0.4, 0.5) is 0 Å².